The van der Waals surface area contributed by atoms with Crippen LogP contribution in [0.1, 0.15) is 5.56 Å². The van der Waals surface area contributed by atoms with Gasteiger partial charge >= 0.3 is 0 Å². The number of hydrogen-bond acceptors (Lipinski definition) is 2. The Balaban J connectivity index is 1.20. The van der Waals surface area contributed by atoms with Crippen LogP contribution in [0.2, 0.25) is 0 Å². The molecule has 2 nitrogen and oxygen atoms in total. The van der Waals surface area contributed by atoms with E-state index in [1.807, 2.05) is 6.08 Å². The van der Waals surface area contributed by atoms with Crippen LogP contribution in [0, 0.1) is 0 Å². The maximum Gasteiger partial charge on any atom is 0.136 e. The summed E-state index contributed by atoms with van der Waals surface area (Å²) in [5.74, 6) is 0. The van der Waals surface area contributed by atoms with Crippen molar-refractivity contribution in [2.75, 3.05) is 4.90 Å². The molecule has 0 unspecified atom stereocenters. The lowest BCUT2D eigenvalue weighted by Gasteiger charge is -2.29. The first-order chi connectivity index (χ1) is 26.7. The summed E-state index contributed by atoms with van der Waals surface area (Å²) in [6.45, 7) is 4.26. The smallest absolute Gasteiger partial charge is 0.136 e. The number of anilines is 3. The third-order valence-electron chi connectivity index (χ3n) is 10.6. The summed E-state index contributed by atoms with van der Waals surface area (Å²) < 4.78 is 6.55. The van der Waals surface area contributed by atoms with Crippen LogP contribution < -0.4 is 4.90 Å². The Morgan fingerprint density at radius 1 is 0.407 bits per heavy atom. The Kier molecular flexibility index (Phi) is 7.66. The Bertz CT molecular complexity index is 3030. The highest BCUT2D eigenvalue weighted by atomic mass is 16.3. The van der Waals surface area contributed by atoms with E-state index in [1.165, 1.54) is 27.1 Å². The van der Waals surface area contributed by atoms with Crippen molar-refractivity contribution < 1.29 is 4.42 Å². The molecule has 254 valence electrons. The van der Waals surface area contributed by atoms with Crippen molar-refractivity contribution in [2.24, 2.45) is 0 Å². The summed E-state index contributed by atoms with van der Waals surface area (Å²) in [4.78, 5) is 2.39. The van der Waals surface area contributed by atoms with E-state index in [0.29, 0.717) is 0 Å². The zero-order chi connectivity index (χ0) is 36.0. The molecule has 0 N–H and O–H groups in total. The lowest BCUT2D eigenvalue weighted by molar-refractivity contribution is 0.669. The lowest BCUT2D eigenvalue weighted by atomic mass is 9.95. The second-order valence-electron chi connectivity index (χ2n) is 13.8. The molecule has 10 rings (SSSR count). The summed E-state index contributed by atoms with van der Waals surface area (Å²) in [6.07, 6.45) is 1.96. The van der Waals surface area contributed by atoms with Crippen molar-refractivity contribution >= 4 is 66.6 Å². The second-order valence-corrected chi connectivity index (χ2v) is 13.8. The third kappa shape index (κ3) is 5.44. The number of para-hydroxylation sites is 1. The minimum atomic E-state index is 0.874. The molecule has 0 aliphatic heterocycles. The van der Waals surface area contributed by atoms with Crippen molar-refractivity contribution in [1.29, 1.82) is 0 Å². The molecule has 0 spiro atoms. The van der Waals surface area contributed by atoms with Crippen LogP contribution >= 0.6 is 0 Å². The first-order valence-corrected chi connectivity index (χ1v) is 18.4. The molecule has 0 fully saturated rings. The van der Waals surface area contributed by atoms with E-state index in [1.54, 1.807) is 0 Å². The number of hydrogen-bond donors (Lipinski definition) is 0. The molecular weight excluding hydrogens is 655 g/mol. The number of rotatable bonds is 7. The van der Waals surface area contributed by atoms with Crippen LogP contribution in [0.15, 0.2) is 205 Å². The van der Waals surface area contributed by atoms with Gasteiger partial charge in [-0.1, -0.05) is 152 Å². The quantitative estimate of drug-likeness (QED) is 0.166. The number of furan rings is 1. The van der Waals surface area contributed by atoms with Gasteiger partial charge in [-0.2, -0.15) is 0 Å². The van der Waals surface area contributed by atoms with Crippen LogP contribution in [0.4, 0.5) is 17.1 Å². The topological polar surface area (TPSA) is 16.4 Å². The maximum absolute atomic E-state index is 6.55. The number of fused-ring (bicyclic) bond motifs is 5. The minimum Gasteiger partial charge on any atom is -0.456 e. The van der Waals surface area contributed by atoms with E-state index in [9.17, 15) is 0 Å². The van der Waals surface area contributed by atoms with Crippen molar-refractivity contribution in [3.63, 3.8) is 0 Å². The van der Waals surface area contributed by atoms with E-state index < -0.39 is 0 Å². The molecule has 2 heteroatoms. The SMILES string of the molecule is C=Cc1cc(N(c2cccc(-c3ccc4ccccc4c3)c2)c2ccccc2-c2cccc3oc4cc5ccccc5cc4c23)ccc1-c1ccccc1. The van der Waals surface area contributed by atoms with Crippen molar-refractivity contribution in [3.8, 4) is 33.4 Å². The van der Waals surface area contributed by atoms with Crippen LogP contribution in [-0.2, 0) is 0 Å². The van der Waals surface area contributed by atoms with E-state index in [-0.39, 0.29) is 0 Å². The van der Waals surface area contributed by atoms with Gasteiger partial charge in [0.2, 0.25) is 0 Å². The first-order valence-electron chi connectivity index (χ1n) is 18.4. The average Bonchev–Trinajstić information content (AvgIpc) is 3.61. The third-order valence-corrected chi connectivity index (χ3v) is 10.6. The fourth-order valence-corrected chi connectivity index (χ4v) is 7.99. The van der Waals surface area contributed by atoms with Crippen molar-refractivity contribution in [3.05, 3.63) is 206 Å². The molecule has 54 heavy (non-hydrogen) atoms. The summed E-state index contributed by atoms with van der Waals surface area (Å²) in [5, 5.41) is 7.04. The summed E-state index contributed by atoms with van der Waals surface area (Å²) >= 11 is 0. The van der Waals surface area contributed by atoms with Gasteiger partial charge in [-0.3, -0.25) is 0 Å². The Labute approximate surface area is 314 Å². The Morgan fingerprint density at radius 3 is 1.89 bits per heavy atom. The van der Waals surface area contributed by atoms with Gasteiger partial charge in [0.1, 0.15) is 11.2 Å². The van der Waals surface area contributed by atoms with E-state index in [2.05, 4.69) is 206 Å². The largest absolute Gasteiger partial charge is 0.456 e. The molecule has 1 heterocycles. The summed E-state index contributed by atoms with van der Waals surface area (Å²) in [6, 6.07) is 69.4. The molecule has 0 aliphatic carbocycles. The molecule has 10 aromatic rings. The highest BCUT2D eigenvalue weighted by Crippen LogP contribution is 2.46. The molecule has 0 atom stereocenters. The van der Waals surface area contributed by atoms with Gasteiger partial charge in [-0.15, -0.1) is 0 Å². The molecular formula is C52H35NO. The van der Waals surface area contributed by atoms with Gasteiger partial charge in [-0.05, 0) is 110 Å². The first kappa shape index (κ1) is 31.6. The predicted molar refractivity (Wildman–Crippen MR) is 230 cm³/mol. The van der Waals surface area contributed by atoms with Gasteiger partial charge in [0.15, 0.2) is 0 Å². The van der Waals surface area contributed by atoms with Crippen LogP contribution in [0.25, 0.3) is 82.9 Å². The van der Waals surface area contributed by atoms with Crippen molar-refractivity contribution in [2.45, 2.75) is 0 Å². The molecule has 9 aromatic carbocycles. The maximum atomic E-state index is 6.55. The highest BCUT2D eigenvalue weighted by molar-refractivity contribution is 6.16. The second kappa shape index (κ2) is 13.1. The fourth-order valence-electron chi connectivity index (χ4n) is 7.99. The summed E-state index contributed by atoms with van der Waals surface area (Å²) in [5.41, 5.74) is 12.9. The summed E-state index contributed by atoms with van der Waals surface area (Å²) in [7, 11) is 0. The normalized spacial score (nSPS) is 11.4. The van der Waals surface area contributed by atoms with Gasteiger partial charge in [0, 0.05) is 27.7 Å². The van der Waals surface area contributed by atoms with Gasteiger partial charge in [0.05, 0.1) is 5.69 Å². The van der Waals surface area contributed by atoms with E-state index >= 15 is 0 Å². The van der Waals surface area contributed by atoms with Crippen LogP contribution in [0.5, 0.6) is 0 Å². The van der Waals surface area contributed by atoms with Crippen LogP contribution in [0.3, 0.4) is 0 Å². The number of benzene rings is 9. The standard InChI is InChI=1S/C52H35NO/c1-2-35-31-44(28-29-45(35)37-15-4-3-5-16-37)53(43-21-12-20-39(32-43)42-27-26-36-14-6-7-17-38(36)30-42)49-24-11-10-22-46(49)47-23-13-25-50-52(47)48-33-40-18-8-9-19-41(40)34-51(48)54-50/h2-34H,1H2. The average molecular weight is 690 g/mol. The lowest BCUT2D eigenvalue weighted by Crippen LogP contribution is -2.11. The molecule has 0 saturated heterocycles. The van der Waals surface area contributed by atoms with E-state index in [4.69, 9.17) is 4.42 Å². The molecule has 0 amide bonds. The minimum absolute atomic E-state index is 0.874. The molecule has 0 saturated carbocycles. The zero-order valence-corrected chi connectivity index (χ0v) is 29.6. The molecule has 0 radical (unpaired) electrons. The monoisotopic (exact) mass is 689 g/mol. The molecule has 0 aliphatic rings. The van der Waals surface area contributed by atoms with Crippen LogP contribution in [-0.4, -0.2) is 0 Å². The predicted octanol–water partition coefficient (Wildman–Crippen LogP) is 15.0. The number of nitrogens with zero attached hydrogens (tertiary/aromatic N) is 1. The van der Waals surface area contributed by atoms with Gasteiger partial charge < -0.3 is 9.32 Å². The zero-order valence-electron chi connectivity index (χ0n) is 29.6. The Morgan fingerprint density at radius 2 is 1.06 bits per heavy atom. The van der Waals surface area contributed by atoms with Crippen molar-refractivity contribution in [1.82, 2.24) is 0 Å². The fraction of sp³-hybridized carbons (Fsp3) is 0. The molecule has 0 bridgehead atoms. The molecule has 1 aromatic heterocycles. The van der Waals surface area contributed by atoms with Gasteiger partial charge in [0.25, 0.3) is 0 Å². The van der Waals surface area contributed by atoms with Gasteiger partial charge in [-0.25, -0.2) is 0 Å². The van der Waals surface area contributed by atoms with E-state index in [0.717, 1.165) is 72.4 Å². The Hall–Kier alpha value is -7.16. The highest BCUT2D eigenvalue weighted by Gasteiger charge is 2.22.